The van der Waals surface area contributed by atoms with Crippen molar-refractivity contribution in [2.24, 2.45) is 0 Å². The summed E-state index contributed by atoms with van der Waals surface area (Å²) in [5.74, 6) is -0.379. The highest BCUT2D eigenvalue weighted by atomic mass is 35.5. The summed E-state index contributed by atoms with van der Waals surface area (Å²) in [7, 11) is 0. The zero-order chi connectivity index (χ0) is 21.7. The van der Waals surface area contributed by atoms with Gasteiger partial charge in [-0.15, -0.1) is 11.3 Å². The van der Waals surface area contributed by atoms with Crippen LogP contribution in [0.2, 0.25) is 10.0 Å². The van der Waals surface area contributed by atoms with Crippen molar-refractivity contribution >= 4 is 62.8 Å². The molecule has 0 aliphatic heterocycles. The molecule has 0 bridgehead atoms. The van der Waals surface area contributed by atoms with Gasteiger partial charge in [0, 0.05) is 17.0 Å². The number of ether oxygens (including phenoxy) is 1. The topological polar surface area (TPSA) is 50.4 Å². The molecule has 0 atom stereocenters. The second-order valence-corrected chi connectivity index (χ2v) is 8.83. The fourth-order valence-corrected chi connectivity index (χ4v) is 4.59. The number of halogens is 2. The number of hydrogen-bond donors (Lipinski definition) is 2. The fourth-order valence-electron chi connectivity index (χ4n) is 2.96. The predicted octanol–water partition coefficient (Wildman–Crippen LogP) is 6.69. The maximum absolute atomic E-state index is 12.8. The van der Waals surface area contributed by atoms with Crippen molar-refractivity contribution in [1.29, 1.82) is 0 Å². The lowest BCUT2D eigenvalue weighted by Crippen LogP contribution is -2.28. The summed E-state index contributed by atoms with van der Waals surface area (Å²) in [4.78, 5) is 13.8. The molecule has 30 heavy (non-hydrogen) atoms. The Bertz CT molecular complexity index is 1070. The molecule has 2 N–H and O–H groups in total. The van der Waals surface area contributed by atoms with Crippen molar-refractivity contribution in [2.75, 3.05) is 11.9 Å². The molecule has 0 amide bonds. The molecular formula is C22H20Cl2N2O2S2. The van der Waals surface area contributed by atoms with E-state index in [1.54, 1.807) is 19.1 Å². The molecule has 8 heteroatoms. The van der Waals surface area contributed by atoms with Gasteiger partial charge in [-0.2, -0.15) is 0 Å². The Morgan fingerprint density at radius 2 is 1.87 bits per heavy atom. The van der Waals surface area contributed by atoms with E-state index in [9.17, 15) is 4.79 Å². The second kappa shape index (κ2) is 10.3. The number of rotatable bonds is 6. The first kappa shape index (κ1) is 22.6. The molecule has 0 fully saturated rings. The lowest BCUT2D eigenvalue weighted by Gasteiger charge is -2.12. The first-order chi connectivity index (χ1) is 14.4. The summed E-state index contributed by atoms with van der Waals surface area (Å²) in [5.41, 5.74) is 3.24. The van der Waals surface area contributed by atoms with E-state index in [0.717, 1.165) is 21.6 Å². The summed E-state index contributed by atoms with van der Waals surface area (Å²) in [6.45, 7) is 4.53. The molecule has 0 saturated heterocycles. The summed E-state index contributed by atoms with van der Waals surface area (Å²) in [6.07, 6.45) is 0. The summed E-state index contributed by atoms with van der Waals surface area (Å²) in [5, 5.41) is 8.32. The molecule has 156 valence electrons. The highest BCUT2D eigenvalue weighted by Gasteiger charge is 2.24. The number of thiophene rings is 1. The maximum Gasteiger partial charge on any atom is 0.341 e. The number of benzene rings is 2. The van der Waals surface area contributed by atoms with Gasteiger partial charge >= 0.3 is 5.97 Å². The van der Waals surface area contributed by atoms with Gasteiger partial charge in [-0.3, -0.25) is 0 Å². The van der Waals surface area contributed by atoms with Gasteiger partial charge < -0.3 is 15.4 Å². The minimum absolute atomic E-state index is 0.293. The fraction of sp³-hybridized carbons (Fsp3) is 0.182. The smallest absolute Gasteiger partial charge is 0.341 e. The SMILES string of the molecule is CCOC(=O)c1c(NC(=S)NCc2ccc(Cl)c(Cl)c2)sc(C)c1-c1ccccc1. The largest absolute Gasteiger partial charge is 0.462 e. The van der Waals surface area contributed by atoms with E-state index >= 15 is 0 Å². The Labute approximate surface area is 195 Å². The average molecular weight is 479 g/mol. The Hall–Kier alpha value is -2.12. The molecule has 0 spiro atoms. The van der Waals surface area contributed by atoms with E-state index < -0.39 is 0 Å². The van der Waals surface area contributed by atoms with Crippen LogP contribution < -0.4 is 10.6 Å². The molecule has 3 rings (SSSR count). The van der Waals surface area contributed by atoms with Crippen LogP contribution in [0.25, 0.3) is 11.1 Å². The maximum atomic E-state index is 12.8. The van der Waals surface area contributed by atoms with Gasteiger partial charge in [0.15, 0.2) is 5.11 Å². The Kier molecular flexibility index (Phi) is 7.72. The molecule has 0 radical (unpaired) electrons. The molecule has 3 aromatic rings. The number of esters is 1. The zero-order valence-corrected chi connectivity index (χ0v) is 19.6. The monoisotopic (exact) mass is 478 g/mol. The lowest BCUT2D eigenvalue weighted by molar-refractivity contribution is 0.0529. The molecule has 2 aromatic carbocycles. The van der Waals surface area contributed by atoms with Gasteiger partial charge in [0.1, 0.15) is 10.6 Å². The van der Waals surface area contributed by atoms with Crippen LogP contribution in [0.1, 0.15) is 27.7 Å². The van der Waals surface area contributed by atoms with Crippen molar-refractivity contribution < 1.29 is 9.53 Å². The minimum Gasteiger partial charge on any atom is -0.462 e. The number of carbonyl (C=O) groups is 1. The van der Waals surface area contributed by atoms with E-state index in [4.69, 9.17) is 40.2 Å². The van der Waals surface area contributed by atoms with E-state index in [0.29, 0.717) is 38.9 Å². The van der Waals surface area contributed by atoms with Crippen LogP contribution in [0.15, 0.2) is 48.5 Å². The molecule has 1 aromatic heterocycles. The van der Waals surface area contributed by atoms with Crippen molar-refractivity contribution in [2.45, 2.75) is 20.4 Å². The van der Waals surface area contributed by atoms with Crippen LogP contribution >= 0.6 is 46.8 Å². The molecule has 0 unspecified atom stereocenters. The zero-order valence-electron chi connectivity index (χ0n) is 16.4. The van der Waals surface area contributed by atoms with Crippen LogP contribution in [-0.4, -0.2) is 17.7 Å². The summed E-state index contributed by atoms with van der Waals surface area (Å²) < 4.78 is 5.32. The van der Waals surface area contributed by atoms with Crippen LogP contribution in [0.3, 0.4) is 0 Å². The van der Waals surface area contributed by atoms with Gasteiger partial charge in [0.25, 0.3) is 0 Å². The molecular weight excluding hydrogens is 459 g/mol. The van der Waals surface area contributed by atoms with Gasteiger partial charge in [-0.25, -0.2) is 4.79 Å². The normalized spacial score (nSPS) is 10.5. The summed E-state index contributed by atoms with van der Waals surface area (Å²) >= 11 is 18.9. The van der Waals surface area contributed by atoms with Crippen LogP contribution in [0.4, 0.5) is 5.00 Å². The first-order valence-corrected chi connectivity index (χ1v) is 11.2. The van der Waals surface area contributed by atoms with Crippen LogP contribution in [0, 0.1) is 6.92 Å². The number of carbonyl (C=O) groups excluding carboxylic acids is 1. The van der Waals surface area contributed by atoms with E-state index in [-0.39, 0.29) is 5.97 Å². The molecule has 0 aliphatic rings. The highest BCUT2D eigenvalue weighted by Crippen LogP contribution is 2.40. The predicted molar refractivity (Wildman–Crippen MR) is 130 cm³/mol. The third-order valence-corrected chi connectivity index (χ3v) is 6.30. The Balaban J connectivity index is 1.83. The quantitative estimate of drug-likeness (QED) is 0.305. The van der Waals surface area contributed by atoms with Gasteiger partial charge in [0.05, 0.1) is 16.7 Å². The standard InChI is InChI=1S/C22H20Cl2N2O2S2/c1-3-28-21(27)19-18(15-7-5-4-6-8-15)13(2)30-20(19)26-22(29)25-12-14-9-10-16(23)17(24)11-14/h4-11H,3,12H2,1-2H3,(H2,25,26,29). The lowest BCUT2D eigenvalue weighted by atomic mass is 10.0. The number of nitrogens with one attached hydrogen (secondary N) is 2. The van der Waals surface area contributed by atoms with Gasteiger partial charge in [-0.1, -0.05) is 59.6 Å². The van der Waals surface area contributed by atoms with E-state index in [2.05, 4.69) is 10.6 Å². The molecule has 1 heterocycles. The Morgan fingerprint density at radius 3 is 2.53 bits per heavy atom. The third kappa shape index (κ3) is 5.32. The number of hydrogen-bond acceptors (Lipinski definition) is 4. The first-order valence-electron chi connectivity index (χ1n) is 9.25. The number of aryl methyl sites for hydroxylation is 1. The minimum atomic E-state index is -0.379. The molecule has 0 saturated carbocycles. The second-order valence-electron chi connectivity index (χ2n) is 6.38. The van der Waals surface area contributed by atoms with E-state index in [1.165, 1.54) is 11.3 Å². The Morgan fingerprint density at radius 1 is 1.13 bits per heavy atom. The van der Waals surface area contributed by atoms with Crippen molar-refractivity contribution in [3.63, 3.8) is 0 Å². The number of anilines is 1. The van der Waals surface area contributed by atoms with E-state index in [1.807, 2.05) is 43.3 Å². The molecule has 0 aliphatic carbocycles. The molecule has 4 nitrogen and oxygen atoms in total. The number of thiocarbonyl (C=S) groups is 1. The van der Waals surface area contributed by atoms with Crippen molar-refractivity contribution in [3.8, 4) is 11.1 Å². The van der Waals surface area contributed by atoms with Crippen LogP contribution in [0.5, 0.6) is 0 Å². The van der Waals surface area contributed by atoms with Crippen LogP contribution in [-0.2, 0) is 11.3 Å². The van der Waals surface area contributed by atoms with Gasteiger partial charge in [-0.05, 0) is 49.3 Å². The van der Waals surface area contributed by atoms with Crippen molar-refractivity contribution in [3.05, 3.63) is 74.6 Å². The highest BCUT2D eigenvalue weighted by molar-refractivity contribution is 7.80. The average Bonchev–Trinajstić information content (AvgIpc) is 3.05. The van der Waals surface area contributed by atoms with Gasteiger partial charge in [0.2, 0.25) is 0 Å². The third-order valence-electron chi connectivity index (χ3n) is 4.29. The van der Waals surface area contributed by atoms with Crippen molar-refractivity contribution in [1.82, 2.24) is 5.32 Å². The summed E-state index contributed by atoms with van der Waals surface area (Å²) in [6, 6.07) is 15.2.